The lowest BCUT2D eigenvalue weighted by Gasteiger charge is -2.11. The van der Waals surface area contributed by atoms with Gasteiger partial charge in [-0.3, -0.25) is 0 Å². The van der Waals surface area contributed by atoms with Gasteiger partial charge in [-0.2, -0.15) is 0 Å². The SMILES string of the molecule is CCNC(C)Cc1nc2c(F)cccc2n1C. The van der Waals surface area contributed by atoms with Gasteiger partial charge in [-0.15, -0.1) is 0 Å². The van der Waals surface area contributed by atoms with Gasteiger partial charge in [-0.25, -0.2) is 9.37 Å². The van der Waals surface area contributed by atoms with Crippen molar-refractivity contribution in [3.05, 3.63) is 29.8 Å². The number of hydrogen-bond donors (Lipinski definition) is 1. The highest BCUT2D eigenvalue weighted by atomic mass is 19.1. The van der Waals surface area contributed by atoms with E-state index in [1.807, 2.05) is 17.7 Å². The smallest absolute Gasteiger partial charge is 0.151 e. The van der Waals surface area contributed by atoms with Gasteiger partial charge in [0.1, 0.15) is 11.3 Å². The van der Waals surface area contributed by atoms with Crippen LogP contribution in [0.3, 0.4) is 0 Å². The van der Waals surface area contributed by atoms with Crippen molar-refractivity contribution in [2.75, 3.05) is 6.54 Å². The molecular weight excluding hydrogens is 217 g/mol. The average Bonchev–Trinajstić information content (AvgIpc) is 2.59. The Hall–Kier alpha value is -1.42. The summed E-state index contributed by atoms with van der Waals surface area (Å²) in [7, 11) is 1.93. The fraction of sp³-hybridized carbons (Fsp3) is 0.462. The van der Waals surface area contributed by atoms with Gasteiger partial charge in [0.15, 0.2) is 5.82 Å². The summed E-state index contributed by atoms with van der Waals surface area (Å²) in [5.74, 6) is 0.666. The third-order valence-electron chi connectivity index (χ3n) is 3.00. The molecule has 92 valence electrons. The molecule has 0 saturated heterocycles. The van der Waals surface area contributed by atoms with Gasteiger partial charge in [-0.05, 0) is 25.6 Å². The van der Waals surface area contributed by atoms with Crippen LogP contribution in [-0.4, -0.2) is 22.1 Å². The molecule has 0 bridgehead atoms. The number of hydrogen-bond acceptors (Lipinski definition) is 2. The van der Waals surface area contributed by atoms with Crippen molar-refractivity contribution in [1.29, 1.82) is 0 Å². The summed E-state index contributed by atoms with van der Waals surface area (Å²) in [6.45, 7) is 5.11. The maximum absolute atomic E-state index is 13.6. The van der Waals surface area contributed by atoms with Gasteiger partial charge < -0.3 is 9.88 Å². The molecule has 1 atom stereocenters. The van der Waals surface area contributed by atoms with Crippen molar-refractivity contribution in [2.24, 2.45) is 7.05 Å². The number of aromatic nitrogens is 2. The summed E-state index contributed by atoms with van der Waals surface area (Å²) in [6.07, 6.45) is 0.804. The third-order valence-corrected chi connectivity index (χ3v) is 3.00. The van der Waals surface area contributed by atoms with Gasteiger partial charge in [0.05, 0.1) is 5.52 Å². The molecule has 4 heteroatoms. The molecule has 1 unspecified atom stereocenters. The zero-order chi connectivity index (χ0) is 12.4. The van der Waals surface area contributed by atoms with Crippen LogP contribution in [-0.2, 0) is 13.5 Å². The Morgan fingerprint density at radius 3 is 2.88 bits per heavy atom. The van der Waals surface area contributed by atoms with Crippen molar-refractivity contribution in [2.45, 2.75) is 26.3 Å². The summed E-state index contributed by atoms with van der Waals surface area (Å²) >= 11 is 0. The van der Waals surface area contributed by atoms with Gasteiger partial charge in [0, 0.05) is 19.5 Å². The number of imidazole rings is 1. The van der Waals surface area contributed by atoms with Gasteiger partial charge >= 0.3 is 0 Å². The number of benzene rings is 1. The quantitative estimate of drug-likeness (QED) is 0.881. The van der Waals surface area contributed by atoms with E-state index < -0.39 is 0 Å². The van der Waals surface area contributed by atoms with Crippen LogP contribution in [0.4, 0.5) is 4.39 Å². The minimum atomic E-state index is -0.250. The first-order valence-corrected chi connectivity index (χ1v) is 5.96. The summed E-state index contributed by atoms with van der Waals surface area (Å²) < 4.78 is 15.5. The van der Waals surface area contributed by atoms with Crippen molar-refractivity contribution >= 4 is 11.0 Å². The number of halogens is 1. The predicted octanol–water partition coefficient (Wildman–Crippen LogP) is 2.25. The molecule has 17 heavy (non-hydrogen) atoms. The van der Waals surface area contributed by atoms with E-state index in [0.29, 0.717) is 11.6 Å². The molecule has 2 rings (SSSR count). The minimum Gasteiger partial charge on any atom is -0.331 e. The second-order valence-corrected chi connectivity index (χ2v) is 4.36. The molecule has 1 aromatic heterocycles. The lowest BCUT2D eigenvalue weighted by atomic mass is 10.2. The van der Waals surface area contributed by atoms with E-state index in [9.17, 15) is 4.39 Å². The Morgan fingerprint density at radius 1 is 1.47 bits per heavy atom. The Bertz CT molecular complexity index is 519. The highest BCUT2D eigenvalue weighted by Crippen LogP contribution is 2.18. The van der Waals surface area contributed by atoms with E-state index in [1.54, 1.807) is 6.07 Å². The molecule has 3 nitrogen and oxygen atoms in total. The van der Waals surface area contributed by atoms with Gasteiger partial charge in [-0.1, -0.05) is 13.0 Å². The maximum Gasteiger partial charge on any atom is 0.151 e. The number of nitrogens with zero attached hydrogens (tertiary/aromatic N) is 2. The van der Waals surface area contributed by atoms with Crippen LogP contribution in [0.15, 0.2) is 18.2 Å². The Kier molecular flexibility index (Phi) is 3.43. The Morgan fingerprint density at radius 2 is 2.24 bits per heavy atom. The zero-order valence-electron chi connectivity index (χ0n) is 10.5. The van der Waals surface area contributed by atoms with Crippen LogP contribution in [0.1, 0.15) is 19.7 Å². The number of para-hydroxylation sites is 1. The van der Waals surface area contributed by atoms with Crippen LogP contribution in [0.5, 0.6) is 0 Å². The first kappa shape index (κ1) is 12.0. The number of nitrogens with one attached hydrogen (secondary N) is 1. The first-order chi connectivity index (χ1) is 8.13. The molecule has 0 aliphatic carbocycles. The number of fused-ring (bicyclic) bond motifs is 1. The maximum atomic E-state index is 13.6. The summed E-state index contributed by atoms with van der Waals surface area (Å²) in [5, 5.41) is 3.33. The van der Waals surface area contributed by atoms with E-state index in [4.69, 9.17) is 0 Å². The number of likely N-dealkylation sites (N-methyl/N-ethyl adjacent to an activating group) is 1. The van der Waals surface area contributed by atoms with Crippen LogP contribution < -0.4 is 5.32 Å². The average molecular weight is 235 g/mol. The molecule has 2 aromatic rings. The van der Waals surface area contributed by atoms with E-state index in [0.717, 1.165) is 24.3 Å². The van der Waals surface area contributed by atoms with E-state index in [2.05, 4.69) is 24.1 Å². The van der Waals surface area contributed by atoms with Crippen LogP contribution in [0.2, 0.25) is 0 Å². The Balaban J connectivity index is 2.35. The van der Waals surface area contributed by atoms with Crippen LogP contribution >= 0.6 is 0 Å². The number of rotatable bonds is 4. The number of aryl methyl sites for hydroxylation is 1. The molecule has 1 N–H and O–H groups in total. The summed E-state index contributed by atoms with van der Waals surface area (Å²) in [4.78, 5) is 4.38. The largest absolute Gasteiger partial charge is 0.331 e. The highest BCUT2D eigenvalue weighted by molar-refractivity contribution is 5.76. The standard InChI is InChI=1S/C13H18FN3/c1-4-15-9(2)8-12-16-13-10(14)6-5-7-11(13)17(12)3/h5-7,9,15H,4,8H2,1-3H3. The molecule has 0 saturated carbocycles. The van der Waals surface area contributed by atoms with Gasteiger partial charge in [0.25, 0.3) is 0 Å². The lowest BCUT2D eigenvalue weighted by Crippen LogP contribution is -2.28. The molecule has 0 radical (unpaired) electrons. The molecule has 0 aliphatic heterocycles. The third kappa shape index (κ3) is 2.31. The molecule has 0 fully saturated rings. The van der Waals surface area contributed by atoms with Crippen LogP contribution in [0, 0.1) is 5.82 Å². The lowest BCUT2D eigenvalue weighted by molar-refractivity contribution is 0.545. The van der Waals surface area contributed by atoms with Gasteiger partial charge in [0.2, 0.25) is 0 Å². The molecular formula is C13H18FN3. The summed E-state index contributed by atoms with van der Waals surface area (Å²) in [6, 6.07) is 5.41. The fourth-order valence-corrected chi connectivity index (χ4v) is 2.11. The monoisotopic (exact) mass is 235 g/mol. The van der Waals surface area contributed by atoms with E-state index in [-0.39, 0.29) is 5.82 Å². The molecule has 1 heterocycles. The molecule has 0 spiro atoms. The van der Waals surface area contributed by atoms with E-state index in [1.165, 1.54) is 6.07 Å². The zero-order valence-corrected chi connectivity index (χ0v) is 10.5. The van der Waals surface area contributed by atoms with Crippen molar-refractivity contribution in [3.8, 4) is 0 Å². The van der Waals surface area contributed by atoms with E-state index >= 15 is 0 Å². The fourth-order valence-electron chi connectivity index (χ4n) is 2.11. The molecule has 1 aromatic carbocycles. The second-order valence-electron chi connectivity index (χ2n) is 4.36. The molecule has 0 aliphatic rings. The van der Waals surface area contributed by atoms with Crippen LogP contribution in [0.25, 0.3) is 11.0 Å². The minimum absolute atomic E-state index is 0.250. The van der Waals surface area contributed by atoms with Crippen molar-refractivity contribution in [3.63, 3.8) is 0 Å². The predicted molar refractivity (Wildman–Crippen MR) is 67.5 cm³/mol. The topological polar surface area (TPSA) is 29.9 Å². The van der Waals surface area contributed by atoms with Crippen molar-refractivity contribution < 1.29 is 4.39 Å². The Labute approximate surface area is 101 Å². The second kappa shape index (κ2) is 4.84. The summed E-state index contributed by atoms with van der Waals surface area (Å²) in [5.41, 5.74) is 1.32. The first-order valence-electron chi connectivity index (χ1n) is 5.96. The molecule has 0 amide bonds. The normalized spacial score (nSPS) is 13.2. The highest BCUT2D eigenvalue weighted by Gasteiger charge is 2.12. The van der Waals surface area contributed by atoms with Crippen molar-refractivity contribution in [1.82, 2.24) is 14.9 Å².